The molecule has 27 heavy (non-hydrogen) atoms. The van der Waals surface area contributed by atoms with Gasteiger partial charge in [0.25, 0.3) is 0 Å². The third-order valence-corrected chi connectivity index (χ3v) is 4.74. The zero-order valence-electron chi connectivity index (χ0n) is 15.5. The van der Waals surface area contributed by atoms with Gasteiger partial charge in [-0.15, -0.1) is 0 Å². The van der Waals surface area contributed by atoms with Gasteiger partial charge in [-0.1, -0.05) is 37.6 Å². The summed E-state index contributed by atoms with van der Waals surface area (Å²) in [6.45, 7) is 4.06. The van der Waals surface area contributed by atoms with E-state index in [0.29, 0.717) is 22.9 Å². The summed E-state index contributed by atoms with van der Waals surface area (Å²) in [5, 5.41) is 10.4. The molecule has 0 aliphatic rings. The van der Waals surface area contributed by atoms with Crippen molar-refractivity contribution in [1.82, 2.24) is 10.2 Å². The average Bonchev–Trinajstić information content (AvgIpc) is 3.15. The van der Waals surface area contributed by atoms with E-state index >= 15 is 0 Å². The van der Waals surface area contributed by atoms with Gasteiger partial charge in [0.05, 0.1) is 13.3 Å². The van der Waals surface area contributed by atoms with Crippen molar-refractivity contribution in [2.45, 2.75) is 25.7 Å². The Morgan fingerprint density at radius 3 is 2.74 bits per heavy atom. The lowest BCUT2D eigenvalue weighted by Crippen LogP contribution is -2.25. The number of aromatic nitrogens is 2. The maximum Gasteiger partial charge on any atom is 0.225 e. The van der Waals surface area contributed by atoms with Crippen LogP contribution in [-0.4, -0.2) is 23.2 Å². The minimum absolute atomic E-state index is 0.0712. The number of ether oxygens (including phenoxy) is 1. The highest BCUT2D eigenvalue weighted by Crippen LogP contribution is 2.33. The van der Waals surface area contributed by atoms with Crippen LogP contribution in [0.3, 0.4) is 0 Å². The number of hydrogen-bond donors (Lipinski definition) is 2. The molecule has 0 bridgehead atoms. The molecule has 0 atom stereocenters. The number of H-pyrrole nitrogens is 1. The summed E-state index contributed by atoms with van der Waals surface area (Å²) in [5.41, 5.74) is 3.20. The first-order valence-corrected chi connectivity index (χ1v) is 9.00. The minimum Gasteiger partial charge on any atom is -0.496 e. The highest BCUT2D eigenvalue weighted by atomic mass is 35.5. The molecule has 3 rings (SSSR count). The topological polar surface area (TPSA) is 67.0 Å². The van der Waals surface area contributed by atoms with Crippen molar-refractivity contribution in [3.8, 4) is 16.9 Å². The van der Waals surface area contributed by atoms with Crippen LogP contribution in [0.4, 0.5) is 5.69 Å². The van der Waals surface area contributed by atoms with Gasteiger partial charge in [-0.25, -0.2) is 0 Å². The SMILES string of the molecule is COc1cc(NC(=O)CC(C)(C)c2cccc(Cl)c2)ccc1-c1cn[nH]c1. The smallest absolute Gasteiger partial charge is 0.225 e. The molecule has 0 aliphatic carbocycles. The second-order valence-electron chi connectivity index (χ2n) is 7.02. The van der Waals surface area contributed by atoms with Gasteiger partial charge in [0.15, 0.2) is 0 Å². The molecule has 0 radical (unpaired) electrons. The molecular weight excluding hydrogens is 362 g/mol. The fourth-order valence-corrected chi connectivity index (χ4v) is 3.21. The van der Waals surface area contributed by atoms with E-state index in [1.807, 2.05) is 56.3 Å². The summed E-state index contributed by atoms with van der Waals surface area (Å²) in [4.78, 5) is 12.6. The van der Waals surface area contributed by atoms with Crippen molar-refractivity contribution < 1.29 is 9.53 Å². The van der Waals surface area contributed by atoms with Crippen LogP contribution in [0.25, 0.3) is 11.1 Å². The molecule has 0 unspecified atom stereocenters. The molecule has 6 heteroatoms. The maximum absolute atomic E-state index is 12.6. The zero-order chi connectivity index (χ0) is 19.4. The monoisotopic (exact) mass is 383 g/mol. The molecule has 5 nitrogen and oxygen atoms in total. The molecule has 140 valence electrons. The number of methoxy groups -OCH3 is 1. The van der Waals surface area contributed by atoms with Crippen molar-refractivity contribution in [2.24, 2.45) is 0 Å². The molecule has 1 aromatic heterocycles. The Bertz CT molecular complexity index is 936. The van der Waals surface area contributed by atoms with Crippen LogP contribution in [0, 0.1) is 0 Å². The largest absolute Gasteiger partial charge is 0.496 e. The normalized spacial score (nSPS) is 11.3. The quantitative estimate of drug-likeness (QED) is 0.626. The summed E-state index contributed by atoms with van der Waals surface area (Å²) in [7, 11) is 1.60. The fraction of sp³-hybridized carbons (Fsp3) is 0.238. The van der Waals surface area contributed by atoms with Gasteiger partial charge in [-0.3, -0.25) is 9.89 Å². The lowest BCUT2D eigenvalue weighted by Gasteiger charge is -2.25. The summed E-state index contributed by atoms with van der Waals surface area (Å²) < 4.78 is 5.47. The third kappa shape index (κ3) is 4.49. The van der Waals surface area contributed by atoms with Gasteiger partial charge in [0.1, 0.15) is 5.75 Å². The number of carbonyl (C=O) groups is 1. The van der Waals surface area contributed by atoms with Gasteiger partial charge < -0.3 is 10.1 Å². The number of nitrogens with zero attached hydrogens (tertiary/aromatic N) is 1. The number of amides is 1. The Morgan fingerprint density at radius 2 is 2.07 bits per heavy atom. The number of halogens is 1. The summed E-state index contributed by atoms with van der Waals surface area (Å²) >= 11 is 6.09. The maximum atomic E-state index is 12.6. The molecule has 2 N–H and O–H groups in total. The second-order valence-corrected chi connectivity index (χ2v) is 7.46. The first-order chi connectivity index (χ1) is 12.9. The van der Waals surface area contributed by atoms with Gasteiger partial charge in [-0.05, 0) is 35.2 Å². The van der Waals surface area contributed by atoms with Gasteiger partial charge in [0.2, 0.25) is 5.91 Å². The van der Waals surface area contributed by atoms with E-state index in [4.69, 9.17) is 16.3 Å². The minimum atomic E-state index is -0.337. The predicted molar refractivity (Wildman–Crippen MR) is 108 cm³/mol. The van der Waals surface area contributed by atoms with Crippen LogP contribution < -0.4 is 10.1 Å². The van der Waals surface area contributed by atoms with Crippen LogP contribution in [0.2, 0.25) is 5.02 Å². The molecule has 3 aromatic rings. The Labute approximate surface area is 163 Å². The van der Waals surface area contributed by atoms with E-state index in [0.717, 1.165) is 16.7 Å². The Balaban J connectivity index is 1.74. The zero-order valence-corrected chi connectivity index (χ0v) is 16.3. The third-order valence-electron chi connectivity index (χ3n) is 4.50. The predicted octanol–water partition coefficient (Wildman–Crippen LogP) is 5.05. The lowest BCUT2D eigenvalue weighted by molar-refractivity contribution is -0.117. The fourth-order valence-electron chi connectivity index (χ4n) is 3.02. The van der Waals surface area contributed by atoms with Crippen molar-refractivity contribution in [2.75, 3.05) is 12.4 Å². The van der Waals surface area contributed by atoms with Crippen molar-refractivity contribution in [3.05, 3.63) is 65.4 Å². The number of anilines is 1. The van der Waals surface area contributed by atoms with Crippen LogP contribution in [0.1, 0.15) is 25.8 Å². The second kappa shape index (κ2) is 7.84. The first kappa shape index (κ1) is 19.0. The van der Waals surface area contributed by atoms with Crippen LogP contribution in [0.5, 0.6) is 5.75 Å². The molecular formula is C21H22ClN3O2. The van der Waals surface area contributed by atoms with Crippen LogP contribution in [0.15, 0.2) is 54.9 Å². The summed E-state index contributed by atoms with van der Waals surface area (Å²) in [6.07, 6.45) is 3.85. The number of rotatable bonds is 6. The van der Waals surface area contributed by atoms with Crippen LogP contribution >= 0.6 is 11.6 Å². The van der Waals surface area contributed by atoms with Crippen molar-refractivity contribution in [1.29, 1.82) is 0 Å². The molecule has 0 spiro atoms. The number of aromatic amines is 1. The van der Waals surface area contributed by atoms with Crippen molar-refractivity contribution >= 4 is 23.2 Å². The van der Waals surface area contributed by atoms with Crippen molar-refractivity contribution in [3.63, 3.8) is 0 Å². The molecule has 1 amide bonds. The Kier molecular flexibility index (Phi) is 5.51. The molecule has 0 saturated heterocycles. The molecule has 1 heterocycles. The summed E-state index contributed by atoms with van der Waals surface area (Å²) in [5.74, 6) is 0.599. The number of hydrogen-bond acceptors (Lipinski definition) is 3. The van der Waals surface area contributed by atoms with E-state index in [2.05, 4.69) is 15.5 Å². The summed E-state index contributed by atoms with van der Waals surface area (Å²) in [6, 6.07) is 13.2. The molecule has 0 aliphatic heterocycles. The first-order valence-electron chi connectivity index (χ1n) is 8.62. The van der Waals surface area contributed by atoms with E-state index in [-0.39, 0.29) is 11.3 Å². The Hall–Kier alpha value is -2.79. The highest BCUT2D eigenvalue weighted by molar-refractivity contribution is 6.30. The molecule has 0 fully saturated rings. The number of nitrogens with one attached hydrogen (secondary N) is 2. The number of carbonyl (C=O) groups excluding carboxylic acids is 1. The number of benzene rings is 2. The Morgan fingerprint density at radius 1 is 1.26 bits per heavy atom. The standard InChI is InChI=1S/C21H22ClN3O2/c1-21(2,15-5-4-6-16(22)9-15)11-20(26)25-17-7-8-18(19(10-17)27-3)14-12-23-24-13-14/h4-10,12-13H,11H2,1-3H3,(H,23,24)(H,25,26). The van der Waals surface area contributed by atoms with E-state index in [9.17, 15) is 4.79 Å². The van der Waals surface area contributed by atoms with Gasteiger partial charge in [-0.2, -0.15) is 5.10 Å². The molecule has 0 saturated carbocycles. The van der Waals surface area contributed by atoms with E-state index < -0.39 is 0 Å². The van der Waals surface area contributed by atoms with Gasteiger partial charge >= 0.3 is 0 Å². The van der Waals surface area contributed by atoms with E-state index in [1.165, 1.54) is 0 Å². The van der Waals surface area contributed by atoms with Gasteiger partial charge in [0, 0.05) is 40.5 Å². The van der Waals surface area contributed by atoms with Crippen LogP contribution in [-0.2, 0) is 10.2 Å². The molecule has 2 aromatic carbocycles. The highest BCUT2D eigenvalue weighted by Gasteiger charge is 2.24. The lowest BCUT2D eigenvalue weighted by atomic mass is 9.81. The van der Waals surface area contributed by atoms with E-state index in [1.54, 1.807) is 19.5 Å². The average molecular weight is 384 g/mol.